The fourth-order valence-corrected chi connectivity index (χ4v) is 3.72. The molecular weight excluding hydrogens is 298 g/mol. The standard InChI is InChI=1S/C13H17NO6S/c1-2-20-12-4-3-10(7-11(12)13(16)17)21(18,19)14-6-5-9(15)8-14/h3-4,7,9,15H,2,5-6,8H2,1H3,(H,16,17)/t9-/m1/s1. The molecule has 1 aromatic rings. The van der Waals surface area contributed by atoms with Crippen LogP contribution in [0.15, 0.2) is 23.1 Å². The van der Waals surface area contributed by atoms with Gasteiger partial charge < -0.3 is 14.9 Å². The quantitative estimate of drug-likeness (QED) is 0.822. The Bertz CT molecular complexity index is 642. The first-order valence-corrected chi connectivity index (χ1v) is 7.98. The number of hydrogen-bond donors (Lipinski definition) is 2. The van der Waals surface area contributed by atoms with Gasteiger partial charge in [0, 0.05) is 13.1 Å². The number of nitrogens with zero attached hydrogens (tertiary/aromatic N) is 1. The summed E-state index contributed by atoms with van der Waals surface area (Å²) in [7, 11) is -3.80. The van der Waals surface area contributed by atoms with Crippen LogP contribution in [0, 0.1) is 0 Å². The van der Waals surface area contributed by atoms with Gasteiger partial charge in [-0.25, -0.2) is 13.2 Å². The highest BCUT2D eigenvalue weighted by atomic mass is 32.2. The number of carboxylic acids is 1. The Labute approximate surface area is 122 Å². The van der Waals surface area contributed by atoms with Crippen molar-refractivity contribution in [2.24, 2.45) is 0 Å². The highest BCUT2D eigenvalue weighted by Crippen LogP contribution is 2.26. The molecule has 0 amide bonds. The Kier molecular flexibility index (Phi) is 4.50. The minimum Gasteiger partial charge on any atom is -0.493 e. The molecule has 8 heteroatoms. The van der Waals surface area contributed by atoms with Gasteiger partial charge >= 0.3 is 5.97 Å². The van der Waals surface area contributed by atoms with Crippen LogP contribution in [-0.2, 0) is 10.0 Å². The van der Waals surface area contributed by atoms with E-state index in [0.717, 1.165) is 10.4 Å². The van der Waals surface area contributed by atoms with Gasteiger partial charge in [0.2, 0.25) is 10.0 Å². The molecule has 2 rings (SSSR count). The maximum Gasteiger partial charge on any atom is 0.339 e. The van der Waals surface area contributed by atoms with Crippen molar-refractivity contribution in [3.63, 3.8) is 0 Å². The number of sulfonamides is 1. The van der Waals surface area contributed by atoms with E-state index in [1.165, 1.54) is 12.1 Å². The number of aromatic carboxylic acids is 1. The van der Waals surface area contributed by atoms with Crippen molar-refractivity contribution in [1.29, 1.82) is 0 Å². The predicted octanol–water partition coefficient (Wildman–Crippen LogP) is 0.539. The van der Waals surface area contributed by atoms with Crippen molar-refractivity contribution in [1.82, 2.24) is 4.31 Å². The molecule has 1 aliphatic rings. The minimum atomic E-state index is -3.80. The van der Waals surface area contributed by atoms with Gasteiger partial charge in [0.05, 0.1) is 17.6 Å². The fourth-order valence-electron chi connectivity index (χ4n) is 2.20. The van der Waals surface area contributed by atoms with Gasteiger partial charge in [-0.1, -0.05) is 0 Å². The van der Waals surface area contributed by atoms with Crippen LogP contribution in [-0.4, -0.2) is 54.7 Å². The lowest BCUT2D eigenvalue weighted by atomic mass is 10.2. The Morgan fingerprint density at radius 2 is 2.19 bits per heavy atom. The molecule has 1 atom stereocenters. The third kappa shape index (κ3) is 3.17. The zero-order valence-electron chi connectivity index (χ0n) is 11.5. The van der Waals surface area contributed by atoms with Crippen molar-refractivity contribution in [3.05, 3.63) is 23.8 Å². The highest BCUT2D eigenvalue weighted by molar-refractivity contribution is 7.89. The molecule has 0 unspecified atom stereocenters. The summed E-state index contributed by atoms with van der Waals surface area (Å²) < 4.78 is 31.1. The lowest BCUT2D eigenvalue weighted by molar-refractivity contribution is 0.0692. The summed E-state index contributed by atoms with van der Waals surface area (Å²) in [5.41, 5.74) is -0.197. The first-order valence-electron chi connectivity index (χ1n) is 6.54. The summed E-state index contributed by atoms with van der Waals surface area (Å²) in [5.74, 6) is -1.12. The van der Waals surface area contributed by atoms with Crippen LogP contribution >= 0.6 is 0 Å². The Balaban J connectivity index is 2.40. The van der Waals surface area contributed by atoms with Crippen molar-refractivity contribution < 1.29 is 28.2 Å². The molecule has 0 aliphatic carbocycles. The van der Waals surface area contributed by atoms with E-state index in [1.807, 2.05) is 0 Å². The first-order chi connectivity index (χ1) is 9.86. The number of carboxylic acid groups (broad SMARTS) is 1. The van der Waals surface area contributed by atoms with Gasteiger partial charge in [-0.05, 0) is 31.5 Å². The zero-order chi connectivity index (χ0) is 15.6. The van der Waals surface area contributed by atoms with Crippen molar-refractivity contribution >= 4 is 16.0 Å². The molecule has 0 radical (unpaired) electrons. The fraction of sp³-hybridized carbons (Fsp3) is 0.462. The molecule has 116 valence electrons. The number of benzene rings is 1. The third-order valence-corrected chi connectivity index (χ3v) is 5.11. The second-order valence-corrected chi connectivity index (χ2v) is 6.64. The largest absolute Gasteiger partial charge is 0.493 e. The SMILES string of the molecule is CCOc1ccc(S(=O)(=O)N2CC[C@@H](O)C2)cc1C(=O)O. The number of β-amino-alcohol motifs (C(OH)–C–C–N with tert-alkyl or cyclic N) is 1. The molecule has 7 nitrogen and oxygen atoms in total. The average molecular weight is 315 g/mol. The van der Waals surface area contributed by atoms with E-state index in [1.54, 1.807) is 6.92 Å². The maximum absolute atomic E-state index is 12.4. The number of aliphatic hydroxyl groups is 1. The lowest BCUT2D eigenvalue weighted by Crippen LogP contribution is -2.29. The van der Waals surface area contributed by atoms with E-state index in [4.69, 9.17) is 9.84 Å². The number of carbonyl (C=O) groups is 1. The molecule has 1 aliphatic heterocycles. The number of ether oxygens (including phenoxy) is 1. The number of rotatable bonds is 5. The second kappa shape index (κ2) is 6.00. The van der Waals surface area contributed by atoms with E-state index >= 15 is 0 Å². The molecule has 0 bridgehead atoms. The van der Waals surface area contributed by atoms with E-state index in [-0.39, 0.29) is 35.9 Å². The van der Waals surface area contributed by atoms with E-state index in [9.17, 15) is 18.3 Å². The highest BCUT2D eigenvalue weighted by Gasteiger charge is 2.32. The van der Waals surface area contributed by atoms with Gasteiger partial charge in [0.1, 0.15) is 11.3 Å². The molecule has 2 N–H and O–H groups in total. The van der Waals surface area contributed by atoms with Gasteiger partial charge in [0.15, 0.2) is 0 Å². The predicted molar refractivity (Wildman–Crippen MR) is 74.0 cm³/mol. The van der Waals surface area contributed by atoms with E-state index in [0.29, 0.717) is 6.42 Å². The van der Waals surface area contributed by atoms with Crippen molar-refractivity contribution in [3.8, 4) is 5.75 Å². The van der Waals surface area contributed by atoms with E-state index in [2.05, 4.69) is 0 Å². The maximum atomic E-state index is 12.4. The molecule has 1 aromatic carbocycles. The normalized spacial score (nSPS) is 19.6. The van der Waals surface area contributed by atoms with Gasteiger partial charge in [0.25, 0.3) is 0 Å². The lowest BCUT2D eigenvalue weighted by Gasteiger charge is -2.17. The molecular formula is C13H17NO6S. The van der Waals surface area contributed by atoms with Crippen LogP contribution in [0.5, 0.6) is 5.75 Å². The third-order valence-electron chi connectivity index (χ3n) is 3.25. The van der Waals surface area contributed by atoms with E-state index < -0.39 is 22.1 Å². The summed E-state index contributed by atoms with van der Waals surface area (Å²) in [6.45, 7) is 2.24. The zero-order valence-corrected chi connectivity index (χ0v) is 12.3. The molecule has 1 fully saturated rings. The molecule has 0 spiro atoms. The summed E-state index contributed by atoms with van der Waals surface area (Å²) in [4.78, 5) is 11.1. The van der Waals surface area contributed by atoms with Crippen LogP contribution in [0.25, 0.3) is 0 Å². The molecule has 1 heterocycles. The summed E-state index contributed by atoms with van der Waals surface area (Å²) in [6.07, 6.45) is -0.302. The Morgan fingerprint density at radius 1 is 1.48 bits per heavy atom. The topological polar surface area (TPSA) is 104 Å². The van der Waals surface area contributed by atoms with Crippen molar-refractivity contribution in [2.75, 3.05) is 19.7 Å². The number of aliphatic hydroxyl groups excluding tert-OH is 1. The summed E-state index contributed by atoms with van der Waals surface area (Å²) >= 11 is 0. The van der Waals surface area contributed by atoms with Crippen LogP contribution < -0.4 is 4.74 Å². The Hall–Kier alpha value is -1.64. The smallest absolute Gasteiger partial charge is 0.339 e. The van der Waals surface area contributed by atoms with Gasteiger partial charge in [-0.3, -0.25) is 0 Å². The summed E-state index contributed by atoms with van der Waals surface area (Å²) in [5, 5.41) is 18.6. The van der Waals surface area contributed by atoms with Crippen LogP contribution in [0.3, 0.4) is 0 Å². The monoisotopic (exact) mass is 315 g/mol. The molecule has 0 saturated carbocycles. The second-order valence-electron chi connectivity index (χ2n) is 4.70. The molecule has 1 saturated heterocycles. The Morgan fingerprint density at radius 3 is 2.71 bits per heavy atom. The first kappa shape index (κ1) is 15.7. The van der Waals surface area contributed by atoms with Crippen molar-refractivity contribution in [2.45, 2.75) is 24.3 Å². The van der Waals surface area contributed by atoms with Crippen LogP contribution in [0.1, 0.15) is 23.7 Å². The molecule has 21 heavy (non-hydrogen) atoms. The van der Waals surface area contributed by atoms with Gasteiger partial charge in [-0.2, -0.15) is 4.31 Å². The van der Waals surface area contributed by atoms with Crippen LogP contribution in [0.2, 0.25) is 0 Å². The molecule has 0 aromatic heterocycles. The average Bonchev–Trinajstić information content (AvgIpc) is 2.86. The van der Waals surface area contributed by atoms with Gasteiger partial charge in [-0.15, -0.1) is 0 Å². The number of hydrogen-bond acceptors (Lipinski definition) is 5. The minimum absolute atomic E-state index is 0.0257. The summed E-state index contributed by atoms with van der Waals surface area (Å²) in [6, 6.07) is 3.75. The van der Waals surface area contributed by atoms with Crippen LogP contribution in [0.4, 0.5) is 0 Å².